The van der Waals surface area contributed by atoms with E-state index in [1.807, 2.05) is 0 Å². The highest BCUT2D eigenvalue weighted by Gasteiger charge is 2.02. The summed E-state index contributed by atoms with van der Waals surface area (Å²) in [6.07, 6.45) is 0.123. The van der Waals surface area contributed by atoms with Crippen LogP contribution in [0.25, 0.3) is 0 Å². The lowest BCUT2D eigenvalue weighted by molar-refractivity contribution is -0.128. The Morgan fingerprint density at radius 2 is 2.10 bits per heavy atom. The van der Waals surface area contributed by atoms with Crippen molar-refractivity contribution in [2.75, 3.05) is 12.4 Å². The highest BCUT2D eigenvalue weighted by atomic mass is 32.2. The lowest BCUT2D eigenvalue weighted by Crippen LogP contribution is -2.06. The van der Waals surface area contributed by atoms with E-state index in [9.17, 15) is 13.2 Å². The molecule has 0 amide bonds. The van der Waals surface area contributed by atoms with Crippen molar-refractivity contribution in [2.24, 2.45) is 0 Å². The minimum Gasteiger partial charge on any atom is -0.468 e. The predicted molar refractivity (Wildman–Crippen MR) is 33.0 cm³/mol. The summed E-state index contributed by atoms with van der Waals surface area (Å²) in [5, 5.41) is 0. The van der Waals surface area contributed by atoms with Crippen LogP contribution >= 0.6 is 0 Å². The zero-order valence-corrected chi connectivity index (χ0v) is 6.00. The first-order valence-corrected chi connectivity index (χ1v) is 4.17. The fraction of sp³-hybridized carbons (Fsp3) is 0.750. The Kier molecular flexibility index (Phi) is 3.97. The van der Waals surface area contributed by atoms with Gasteiger partial charge in [-0.1, -0.05) is 0 Å². The van der Waals surface area contributed by atoms with E-state index in [4.69, 9.17) is 4.55 Å². The highest BCUT2D eigenvalue weighted by Crippen LogP contribution is 1.87. The first kappa shape index (κ1) is 9.38. The molecule has 0 atom stereocenters. The maximum Gasteiger partial charge on any atom is 0.293 e. The molecule has 0 aliphatic rings. The third-order valence-electron chi connectivity index (χ3n) is 0.733. The van der Waals surface area contributed by atoms with E-state index in [0.717, 1.165) is 0 Å². The number of hydrogen-bond acceptors (Lipinski definition) is 4. The van der Waals surface area contributed by atoms with Crippen molar-refractivity contribution in [3.63, 3.8) is 0 Å². The van der Waals surface area contributed by atoms with E-state index in [1.165, 1.54) is 0 Å². The number of carbonyl (C=O) groups excluding carboxylic acids is 1. The van der Waals surface area contributed by atoms with Gasteiger partial charge < -0.3 is 4.74 Å². The van der Waals surface area contributed by atoms with Crippen LogP contribution in [-0.4, -0.2) is 31.8 Å². The molecule has 0 saturated heterocycles. The van der Waals surface area contributed by atoms with E-state index < -0.39 is 10.1 Å². The van der Waals surface area contributed by atoms with E-state index in [-0.39, 0.29) is 25.3 Å². The lowest BCUT2D eigenvalue weighted by Gasteiger charge is -1.95. The summed E-state index contributed by atoms with van der Waals surface area (Å²) in [6.45, 7) is 0.243. The molecule has 0 fully saturated rings. The summed E-state index contributed by atoms with van der Waals surface area (Å²) in [4.78, 5) is 9.50. The van der Waals surface area contributed by atoms with Gasteiger partial charge in [0.05, 0.1) is 12.4 Å². The molecule has 0 unspecified atom stereocenters. The molecule has 0 aliphatic heterocycles. The molecule has 0 saturated carbocycles. The molecule has 0 spiro atoms. The monoisotopic (exact) mass is 168 g/mol. The van der Waals surface area contributed by atoms with Gasteiger partial charge in [-0.2, -0.15) is 8.42 Å². The lowest BCUT2D eigenvalue weighted by atomic mass is 10.5. The second kappa shape index (κ2) is 4.24. The molecular formula is C4H8O5S. The van der Waals surface area contributed by atoms with Crippen molar-refractivity contribution in [3.05, 3.63) is 0 Å². The number of carbonyl (C=O) groups is 1. The first-order valence-electron chi connectivity index (χ1n) is 2.56. The van der Waals surface area contributed by atoms with Crippen LogP contribution in [0.3, 0.4) is 0 Å². The largest absolute Gasteiger partial charge is 0.468 e. The van der Waals surface area contributed by atoms with Gasteiger partial charge in [-0.25, -0.2) is 0 Å². The predicted octanol–water partition coefficient (Wildman–Crippen LogP) is -0.563. The second-order valence-electron chi connectivity index (χ2n) is 1.61. The smallest absolute Gasteiger partial charge is 0.293 e. The fourth-order valence-corrected chi connectivity index (χ4v) is 0.855. The van der Waals surface area contributed by atoms with Crippen molar-refractivity contribution < 1.29 is 22.5 Å². The summed E-state index contributed by atoms with van der Waals surface area (Å²) < 4.78 is 32.3. The molecule has 5 nitrogen and oxygen atoms in total. The average molecular weight is 168 g/mol. The zero-order chi connectivity index (χ0) is 8.04. The van der Waals surface area contributed by atoms with Gasteiger partial charge in [0.2, 0.25) is 0 Å². The minimum atomic E-state index is -3.90. The van der Waals surface area contributed by atoms with Gasteiger partial charge in [-0.05, 0) is 6.42 Å². The van der Waals surface area contributed by atoms with Crippen LogP contribution < -0.4 is 0 Å². The maximum absolute atomic E-state index is 10.0. The molecule has 0 bridgehead atoms. The number of hydrogen-bond donors (Lipinski definition) is 1. The Labute approximate surface area is 58.7 Å². The van der Waals surface area contributed by atoms with Gasteiger partial charge in [-0.3, -0.25) is 9.35 Å². The van der Waals surface area contributed by atoms with Crippen LogP contribution in [0.15, 0.2) is 0 Å². The van der Waals surface area contributed by atoms with Gasteiger partial charge >= 0.3 is 0 Å². The molecule has 0 radical (unpaired) electrons. The van der Waals surface area contributed by atoms with Gasteiger partial charge in [-0.15, -0.1) is 0 Å². The van der Waals surface area contributed by atoms with Crippen LogP contribution in [-0.2, 0) is 19.6 Å². The fourth-order valence-electron chi connectivity index (χ4n) is 0.373. The van der Waals surface area contributed by atoms with Crippen LogP contribution in [0.2, 0.25) is 0 Å². The molecular weight excluding hydrogens is 160 g/mol. The molecule has 0 aromatic rings. The topological polar surface area (TPSA) is 80.7 Å². The van der Waals surface area contributed by atoms with Crippen molar-refractivity contribution in [1.82, 2.24) is 0 Å². The maximum atomic E-state index is 10.0. The third kappa shape index (κ3) is 7.38. The quantitative estimate of drug-likeness (QED) is 0.338. The molecule has 0 aromatic heterocycles. The third-order valence-corrected chi connectivity index (χ3v) is 1.54. The summed E-state index contributed by atoms with van der Waals surface area (Å²) in [5.74, 6) is -0.374. The summed E-state index contributed by atoms with van der Waals surface area (Å²) in [6, 6.07) is 0. The van der Waals surface area contributed by atoms with Gasteiger partial charge in [0.25, 0.3) is 16.6 Å². The van der Waals surface area contributed by atoms with Crippen molar-refractivity contribution >= 4 is 16.6 Å². The molecule has 0 aromatic carbocycles. The molecule has 60 valence electrons. The molecule has 1 N–H and O–H groups in total. The van der Waals surface area contributed by atoms with Crippen molar-refractivity contribution in [1.29, 1.82) is 0 Å². The van der Waals surface area contributed by atoms with Crippen molar-refractivity contribution in [3.8, 4) is 0 Å². The number of rotatable bonds is 5. The van der Waals surface area contributed by atoms with Crippen LogP contribution in [0, 0.1) is 0 Å². The average Bonchev–Trinajstić information content (AvgIpc) is 1.78. The Hall–Kier alpha value is -0.620. The molecule has 0 heterocycles. The molecule has 6 heteroatoms. The van der Waals surface area contributed by atoms with Crippen molar-refractivity contribution in [2.45, 2.75) is 6.42 Å². The second-order valence-corrected chi connectivity index (χ2v) is 3.18. The zero-order valence-electron chi connectivity index (χ0n) is 5.19. The normalized spacial score (nSPS) is 10.9. The Bertz CT molecular complexity index is 182. The molecule has 10 heavy (non-hydrogen) atoms. The Morgan fingerprint density at radius 3 is 2.50 bits per heavy atom. The van der Waals surface area contributed by atoms with E-state index in [0.29, 0.717) is 0 Å². The highest BCUT2D eigenvalue weighted by molar-refractivity contribution is 7.85. The first-order chi connectivity index (χ1) is 4.56. The van der Waals surface area contributed by atoms with Gasteiger partial charge in [0.15, 0.2) is 0 Å². The van der Waals surface area contributed by atoms with E-state index in [2.05, 4.69) is 4.74 Å². The number of ether oxygens (including phenoxy) is 1. The van der Waals surface area contributed by atoms with Gasteiger partial charge in [0.1, 0.15) is 0 Å². The Balaban J connectivity index is 3.29. The molecule has 0 rings (SSSR count). The summed E-state index contributed by atoms with van der Waals surface area (Å²) >= 11 is 0. The summed E-state index contributed by atoms with van der Waals surface area (Å²) in [7, 11) is -3.90. The van der Waals surface area contributed by atoms with Gasteiger partial charge in [0, 0.05) is 0 Å². The SMILES string of the molecule is O=COCCCS(=O)(=O)O. The Morgan fingerprint density at radius 1 is 1.50 bits per heavy atom. The molecule has 0 aliphatic carbocycles. The summed E-state index contributed by atoms with van der Waals surface area (Å²) in [5.41, 5.74) is 0. The standard InChI is InChI=1S/C4H8O5S/c5-4-9-2-1-3-10(6,7)8/h4H,1-3H2,(H,6,7,8). The van der Waals surface area contributed by atoms with E-state index >= 15 is 0 Å². The van der Waals surface area contributed by atoms with Crippen LogP contribution in [0.1, 0.15) is 6.42 Å². The van der Waals surface area contributed by atoms with E-state index in [1.54, 1.807) is 0 Å². The van der Waals surface area contributed by atoms with Crippen LogP contribution in [0.5, 0.6) is 0 Å². The minimum absolute atomic E-state index is 0.0172. The van der Waals surface area contributed by atoms with Crippen LogP contribution in [0.4, 0.5) is 0 Å².